The van der Waals surface area contributed by atoms with E-state index in [1.54, 1.807) is 24.5 Å². The summed E-state index contributed by atoms with van der Waals surface area (Å²) in [4.78, 5) is 2.15. The van der Waals surface area contributed by atoms with E-state index in [2.05, 4.69) is 4.90 Å². The smallest absolute Gasteiger partial charge is 0.141 e. The first kappa shape index (κ1) is 23.8. The number of hydrogen-bond donors (Lipinski definition) is 2. The highest BCUT2D eigenvalue weighted by molar-refractivity contribution is 6.30. The Bertz CT molecular complexity index is 1280. The summed E-state index contributed by atoms with van der Waals surface area (Å²) >= 11 is 5.96. The van der Waals surface area contributed by atoms with Gasteiger partial charge >= 0.3 is 0 Å². The Labute approximate surface area is 208 Å². The molecule has 7 heteroatoms. The SMILES string of the molecule is OC(COc1ccc(-c2occ3cc(F)ccc23)cc1)CN1CCC(O)(c2ccc(Cl)cc2)CC1. The molecule has 0 saturated carbocycles. The maximum absolute atomic E-state index is 13.4. The van der Waals surface area contributed by atoms with Gasteiger partial charge in [0.15, 0.2) is 0 Å². The fourth-order valence-corrected chi connectivity index (χ4v) is 4.77. The Morgan fingerprint density at radius 2 is 1.74 bits per heavy atom. The first-order valence-electron chi connectivity index (χ1n) is 11.7. The van der Waals surface area contributed by atoms with Crippen LogP contribution in [0.2, 0.25) is 5.02 Å². The maximum atomic E-state index is 13.4. The third-order valence-electron chi connectivity index (χ3n) is 6.65. The van der Waals surface area contributed by atoms with Crippen molar-refractivity contribution < 1.29 is 23.8 Å². The second-order valence-corrected chi connectivity index (χ2v) is 9.56. The molecule has 1 atom stereocenters. The molecule has 4 aromatic rings. The number of ether oxygens (including phenoxy) is 1. The number of rotatable bonds is 7. The van der Waals surface area contributed by atoms with Crippen molar-refractivity contribution in [1.82, 2.24) is 4.90 Å². The molecule has 1 aromatic heterocycles. The van der Waals surface area contributed by atoms with Crippen molar-refractivity contribution in [1.29, 1.82) is 0 Å². The van der Waals surface area contributed by atoms with Crippen LogP contribution in [0.5, 0.6) is 5.75 Å². The van der Waals surface area contributed by atoms with Crippen LogP contribution in [-0.4, -0.2) is 47.5 Å². The molecule has 2 N–H and O–H groups in total. The number of aliphatic hydroxyl groups is 2. The molecule has 1 unspecified atom stereocenters. The van der Waals surface area contributed by atoms with Gasteiger partial charge in [-0.25, -0.2) is 4.39 Å². The fraction of sp³-hybridized carbons (Fsp3) is 0.286. The van der Waals surface area contributed by atoms with Gasteiger partial charge in [-0.05, 0) is 73.0 Å². The number of hydrogen-bond acceptors (Lipinski definition) is 5. The van der Waals surface area contributed by atoms with Crippen LogP contribution in [0.1, 0.15) is 18.4 Å². The number of β-amino-alcohol motifs (C(OH)–C–C–N with tert-alkyl or cyclic N) is 1. The van der Waals surface area contributed by atoms with Crippen molar-refractivity contribution in [3.05, 3.63) is 89.4 Å². The Hall–Kier alpha value is -2.90. The minimum Gasteiger partial charge on any atom is -0.491 e. The molecule has 5 nitrogen and oxygen atoms in total. The topological polar surface area (TPSA) is 66.1 Å². The largest absolute Gasteiger partial charge is 0.491 e. The zero-order valence-corrected chi connectivity index (χ0v) is 19.9. The van der Waals surface area contributed by atoms with Gasteiger partial charge in [0.2, 0.25) is 0 Å². The van der Waals surface area contributed by atoms with Gasteiger partial charge in [0.25, 0.3) is 0 Å². The summed E-state index contributed by atoms with van der Waals surface area (Å²) in [6.07, 6.45) is 2.08. The molecule has 0 bridgehead atoms. The lowest BCUT2D eigenvalue weighted by molar-refractivity contribution is -0.0372. The number of furan rings is 1. The van der Waals surface area contributed by atoms with Crippen LogP contribution in [0.15, 0.2) is 77.4 Å². The Balaban J connectivity index is 1.12. The molecule has 1 aliphatic heterocycles. The standard InChI is InChI=1S/C28H27ClFNO4/c29-22-5-3-21(4-6-22)28(33)11-13-31(14-12-28)16-24(32)18-34-25-8-1-19(2-9-25)27-26-10-7-23(30)15-20(26)17-35-27/h1-10,15,17,24,32-33H,11-14,16,18H2. The summed E-state index contributed by atoms with van der Waals surface area (Å²) in [7, 11) is 0. The summed E-state index contributed by atoms with van der Waals surface area (Å²) in [6.45, 7) is 2.02. The lowest BCUT2D eigenvalue weighted by Crippen LogP contribution is -2.46. The third-order valence-corrected chi connectivity index (χ3v) is 6.91. The molecule has 0 spiro atoms. The minimum atomic E-state index is -0.863. The number of aliphatic hydroxyl groups excluding tert-OH is 1. The van der Waals surface area contributed by atoms with Gasteiger partial charge in [-0.15, -0.1) is 0 Å². The third kappa shape index (κ3) is 5.36. The number of benzene rings is 3. The predicted octanol–water partition coefficient (Wildman–Crippen LogP) is 5.62. The molecule has 5 rings (SSSR count). The van der Waals surface area contributed by atoms with E-state index >= 15 is 0 Å². The predicted molar refractivity (Wildman–Crippen MR) is 134 cm³/mol. The first-order valence-corrected chi connectivity index (χ1v) is 12.1. The average molecular weight is 496 g/mol. The van der Waals surface area contributed by atoms with Crippen molar-refractivity contribution >= 4 is 22.4 Å². The Morgan fingerprint density at radius 1 is 1.03 bits per heavy atom. The molecule has 35 heavy (non-hydrogen) atoms. The van der Waals surface area contributed by atoms with E-state index in [4.69, 9.17) is 20.8 Å². The molecular formula is C28H27ClFNO4. The van der Waals surface area contributed by atoms with Crippen molar-refractivity contribution in [3.8, 4) is 17.1 Å². The van der Waals surface area contributed by atoms with E-state index < -0.39 is 11.7 Å². The number of nitrogens with zero attached hydrogens (tertiary/aromatic N) is 1. The van der Waals surface area contributed by atoms with Gasteiger partial charge < -0.3 is 24.3 Å². The van der Waals surface area contributed by atoms with Crippen LogP contribution in [-0.2, 0) is 5.60 Å². The number of halogens is 2. The molecule has 182 valence electrons. The monoisotopic (exact) mass is 495 g/mol. The number of piperidine rings is 1. The summed E-state index contributed by atoms with van der Waals surface area (Å²) < 4.78 is 24.9. The quantitative estimate of drug-likeness (QED) is 0.348. The summed E-state index contributed by atoms with van der Waals surface area (Å²) in [6, 6.07) is 19.3. The van der Waals surface area contributed by atoms with Crippen LogP contribution in [0.4, 0.5) is 4.39 Å². The normalized spacial score (nSPS) is 16.9. The zero-order valence-electron chi connectivity index (χ0n) is 19.2. The highest BCUT2D eigenvalue weighted by Crippen LogP contribution is 2.34. The van der Waals surface area contributed by atoms with Gasteiger partial charge in [-0.2, -0.15) is 0 Å². The van der Waals surface area contributed by atoms with E-state index in [9.17, 15) is 14.6 Å². The molecule has 1 fully saturated rings. The molecular weight excluding hydrogens is 469 g/mol. The van der Waals surface area contributed by atoms with E-state index in [1.807, 2.05) is 36.4 Å². The molecule has 2 heterocycles. The summed E-state index contributed by atoms with van der Waals surface area (Å²) in [5.74, 6) is 1.02. The van der Waals surface area contributed by atoms with E-state index in [0.29, 0.717) is 54.4 Å². The zero-order chi connectivity index (χ0) is 24.4. The lowest BCUT2D eigenvalue weighted by atomic mass is 9.84. The van der Waals surface area contributed by atoms with Crippen LogP contribution in [0.25, 0.3) is 22.1 Å². The van der Waals surface area contributed by atoms with Crippen LogP contribution >= 0.6 is 11.6 Å². The fourth-order valence-electron chi connectivity index (χ4n) is 4.65. The van der Waals surface area contributed by atoms with Gasteiger partial charge in [0.05, 0.1) is 11.9 Å². The number of likely N-dealkylation sites (tertiary alicyclic amines) is 1. The summed E-state index contributed by atoms with van der Waals surface area (Å²) in [5.41, 5.74) is 0.877. The maximum Gasteiger partial charge on any atom is 0.141 e. The summed E-state index contributed by atoms with van der Waals surface area (Å²) in [5, 5.41) is 23.7. The second-order valence-electron chi connectivity index (χ2n) is 9.12. The molecule has 0 aliphatic carbocycles. The van der Waals surface area contributed by atoms with Crippen LogP contribution < -0.4 is 4.74 Å². The minimum absolute atomic E-state index is 0.167. The van der Waals surface area contributed by atoms with Gasteiger partial charge in [0.1, 0.15) is 30.0 Å². The first-order chi connectivity index (χ1) is 16.9. The van der Waals surface area contributed by atoms with Crippen LogP contribution in [0.3, 0.4) is 0 Å². The van der Waals surface area contributed by atoms with Gasteiger partial charge in [-0.1, -0.05) is 23.7 Å². The van der Waals surface area contributed by atoms with Crippen molar-refractivity contribution in [2.24, 2.45) is 0 Å². The van der Waals surface area contributed by atoms with Crippen LogP contribution in [0, 0.1) is 5.82 Å². The van der Waals surface area contributed by atoms with Gasteiger partial charge in [0, 0.05) is 41.0 Å². The van der Waals surface area contributed by atoms with Crippen molar-refractivity contribution in [3.63, 3.8) is 0 Å². The highest BCUT2D eigenvalue weighted by atomic mass is 35.5. The molecule has 0 radical (unpaired) electrons. The van der Waals surface area contributed by atoms with Gasteiger partial charge in [-0.3, -0.25) is 0 Å². The number of fused-ring (bicyclic) bond motifs is 1. The lowest BCUT2D eigenvalue weighted by Gasteiger charge is -2.39. The molecule has 1 saturated heterocycles. The van der Waals surface area contributed by atoms with E-state index in [0.717, 1.165) is 16.5 Å². The van der Waals surface area contributed by atoms with E-state index in [1.165, 1.54) is 12.1 Å². The van der Waals surface area contributed by atoms with E-state index in [-0.39, 0.29) is 12.4 Å². The Kier molecular flexibility index (Phi) is 6.80. The molecule has 0 amide bonds. The Morgan fingerprint density at radius 3 is 2.46 bits per heavy atom. The molecule has 1 aliphatic rings. The van der Waals surface area contributed by atoms with Crippen molar-refractivity contribution in [2.45, 2.75) is 24.5 Å². The molecule has 3 aromatic carbocycles. The second kappa shape index (κ2) is 9.99. The highest BCUT2D eigenvalue weighted by Gasteiger charge is 2.34. The van der Waals surface area contributed by atoms with Crippen molar-refractivity contribution in [2.75, 3.05) is 26.2 Å². The average Bonchev–Trinajstić information content (AvgIpc) is 3.28.